The first kappa shape index (κ1) is 12.9. The lowest BCUT2D eigenvalue weighted by Gasteiger charge is -2.25. The summed E-state index contributed by atoms with van der Waals surface area (Å²) in [5.41, 5.74) is -0.211. The molecular formula is C11H12FN3O2. The molecule has 6 heteroatoms. The van der Waals surface area contributed by atoms with E-state index in [2.05, 4.69) is 4.98 Å². The van der Waals surface area contributed by atoms with Gasteiger partial charge in [-0.1, -0.05) is 0 Å². The van der Waals surface area contributed by atoms with Gasteiger partial charge in [-0.25, -0.2) is 14.2 Å². The zero-order valence-corrected chi connectivity index (χ0v) is 9.51. The maximum Gasteiger partial charge on any atom is 0.339 e. The van der Waals surface area contributed by atoms with E-state index >= 15 is 0 Å². The quantitative estimate of drug-likeness (QED) is 0.861. The molecule has 0 saturated heterocycles. The number of rotatable bonds is 4. The van der Waals surface area contributed by atoms with E-state index in [-0.39, 0.29) is 23.8 Å². The summed E-state index contributed by atoms with van der Waals surface area (Å²) in [6.45, 7) is 1.76. The van der Waals surface area contributed by atoms with E-state index in [9.17, 15) is 9.18 Å². The Hall–Kier alpha value is -2.16. The molecule has 0 aliphatic heterocycles. The fourth-order valence-electron chi connectivity index (χ4n) is 1.35. The van der Waals surface area contributed by atoms with Crippen LogP contribution in [0.15, 0.2) is 12.3 Å². The Kier molecular flexibility index (Phi) is 3.99. The van der Waals surface area contributed by atoms with Crippen LogP contribution in [-0.4, -0.2) is 29.1 Å². The molecule has 1 rings (SSSR count). The van der Waals surface area contributed by atoms with E-state index in [1.807, 2.05) is 6.07 Å². The lowest BCUT2D eigenvalue weighted by atomic mass is 10.2. The van der Waals surface area contributed by atoms with Crippen molar-refractivity contribution < 1.29 is 14.3 Å². The highest BCUT2D eigenvalue weighted by Gasteiger charge is 2.19. The lowest BCUT2D eigenvalue weighted by Crippen LogP contribution is -2.30. The first-order valence-electron chi connectivity index (χ1n) is 4.96. The standard InChI is InChI=1S/C11H12FN3O2/c1-7(3-4-13)15(2)10-9(11(16)17)5-8(12)6-14-10/h5-7H,3H2,1-2H3,(H,16,17). The monoisotopic (exact) mass is 237 g/mol. The zero-order chi connectivity index (χ0) is 13.0. The van der Waals surface area contributed by atoms with Gasteiger partial charge in [-0.15, -0.1) is 0 Å². The van der Waals surface area contributed by atoms with Gasteiger partial charge in [0, 0.05) is 13.1 Å². The highest BCUT2D eigenvalue weighted by atomic mass is 19.1. The van der Waals surface area contributed by atoms with Crippen LogP contribution in [0.1, 0.15) is 23.7 Å². The molecule has 90 valence electrons. The Morgan fingerprint density at radius 3 is 2.94 bits per heavy atom. The maximum atomic E-state index is 12.9. The summed E-state index contributed by atoms with van der Waals surface area (Å²) >= 11 is 0. The van der Waals surface area contributed by atoms with Crippen LogP contribution in [-0.2, 0) is 0 Å². The first-order valence-corrected chi connectivity index (χ1v) is 4.96. The van der Waals surface area contributed by atoms with Gasteiger partial charge in [-0.2, -0.15) is 5.26 Å². The number of halogens is 1. The predicted molar refractivity (Wildman–Crippen MR) is 59.2 cm³/mol. The first-order chi connectivity index (χ1) is 7.97. The van der Waals surface area contributed by atoms with Crippen molar-refractivity contribution in [2.75, 3.05) is 11.9 Å². The number of carboxylic acid groups (broad SMARTS) is 1. The molecule has 1 aromatic heterocycles. The maximum absolute atomic E-state index is 12.9. The minimum atomic E-state index is -1.25. The van der Waals surface area contributed by atoms with E-state index in [4.69, 9.17) is 10.4 Å². The summed E-state index contributed by atoms with van der Waals surface area (Å²) in [7, 11) is 1.62. The van der Waals surface area contributed by atoms with Crippen molar-refractivity contribution >= 4 is 11.8 Å². The van der Waals surface area contributed by atoms with Gasteiger partial charge < -0.3 is 10.0 Å². The summed E-state index contributed by atoms with van der Waals surface area (Å²) in [4.78, 5) is 16.3. The molecule has 17 heavy (non-hydrogen) atoms. The van der Waals surface area contributed by atoms with Crippen molar-refractivity contribution in [3.8, 4) is 6.07 Å². The van der Waals surface area contributed by atoms with Gasteiger partial charge in [0.1, 0.15) is 17.2 Å². The van der Waals surface area contributed by atoms with Crippen LogP contribution in [0.3, 0.4) is 0 Å². The molecule has 0 aliphatic carbocycles. The summed E-state index contributed by atoms with van der Waals surface area (Å²) in [5, 5.41) is 17.5. The summed E-state index contributed by atoms with van der Waals surface area (Å²) in [6.07, 6.45) is 1.19. The molecule has 0 radical (unpaired) electrons. The molecule has 1 unspecified atom stereocenters. The van der Waals surface area contributed by atoms with E-state index in [1.165, 1.54) is 0 Å². The Bertz CT molecular complexity index is 470. The van der Waals surface area contributed by atoms with Crippen molar-refractivity contribution in [1.29, 1.82) is 5.26 Å². The highest BCUT2D eigenvalue weighted by molar-refractivity contribution is 5.93. The summed E-state index contributed by atoms with van der Waals surface area (Å²) in [5.74, 6) is -1.79. The molecule has 1 aromatic rings. The Balaban J connectivity index is 3.13. The Morgan fingerprint density at radius 2 is 2.41 bits per heavy atom. The molecule has 0 saturated carbocycles. The van der Waals surface area contributed by atoms with Crippen LogP contribution < -0.4 is 4.90 Å². The number of hydrogen-bond acceptors (Lipinski definition) is 4. The highest BCUT2D eigenvalue weighted by Crippen LogP contribution is 2.20. The molecule has 1 heterocycles. The van der Waals surface area contributed by atoms with E-state index in [1.54, 1.807) is 18.9 Å². The predicted octanol–water partition coefficient (Wildman–Crippen LogP) is 1.66. The number of carboxylic acids is 1. The number of hydrogen-bond donors (Lipinski definition) is 1. The van der Waals surface area contributed by atoms with Gasteiger partial charge in [0.25, 0.3) is 0 Å². The molecular weight excluding hydrogens is 225 g/mol. The van der Waals surface area contributed by atoms with Crippen LogP contribution in [0, 0.1) is 17.1 Å². The van der Waals surface area contributed by atoms with Crippen molar-refractivity contribution in [2.24, 2.45) is 0 Å². The van der Waals surface area contributed by atoms with Gasteiger partial charge in [0.2, 0.25) is 0 Å². The number of carbonyl (C=O) groups is 1. The summed E-state index contributed by atoms with van der Waals surface area (Å²) in [6, 6.07) is 2.71. The van der Waals surface area contributed by atoms with Crippen LogP contribution >= 0.6 is 0 Å². The van der Waals surface area contributed by atoms with Crippen LogP contribution in [0.25, 0.3) is 0 Å². The molecule has 1 atom stereocenters. The molecule has 0 aromatic carbocycles. The van der Waals surface area contributed by atoms with Crippen LogP contribution in [0.2, 0.25) is 0 Å². The second-order valence-corrected chi connectivity index (χ2v) is 3.65. The van der Waals surface area contributed by atoms with Gasteiger partial charge in [-0.05, 0) is 13.0 Å². The SMILES string of the molecule is CC(CC#N)N(C)c1ncc(F)cc1C(=O)O. The molecule has 0 spiro atoms. The number of aromatic carboxylic acids is 1. The molecule has 0 fully saturated rings. The smallest absolute Gasteiger partial charge is 0.339 e. The van der Waals surface area contributed by atoms with Crippen LogP contribution in [0.4, 0.5) is 10.2 Å². The van der Waals surface area contributed by atoms with Crippen LogP contribution in [0.5, 0.6) is 0 Å². The topological polar surface area (TPSA) is 77.2 Å². The van der Waals surface area contributed by atoms with Crippen molar-refractivity contribution in [1.82, 2.24) is 4.98 Å². The Morgan fingerprint density at radius 1 is 1.76 bits per heavy atom. The van der Waals surface area contributed by atoms with E-state index in [0.29, 0.717) is 0 Å². The number of nitriles is 1. The van der Waals surface area contributed by atoms with Crippen molar-refractivity contribution in [3.05, 3.63) is 23.6 Å². The molecule has 1 N–H and O–H groups in total. The fraction of sp³-hybridized carbons (Fsp3) is 0.364. The van der Waals surface area contributed by atoms with Gasteiger partial charge >= 0.3 is 5.97 Å². The molecule has 0 amide bonds. The average Bonchev–Trinajstić information content (AvgIpc) is 2.28. The minimum absolute atomic E-state index is 0.154. The van der Waals surface area contributed by atoms with Crippen molar-refractivity contribution in [2.45, 2.75) is 19.4 Å². The second kappa shape index (κ2) is 5.25. The number of nitrogens with zero attached hydrogens (tertiary/aromatic N) is 3. The fourth-order valence-corrected chi connectivity index (χ4v) is 1.35. The molecule has 0 aliphatic rings. The molecule has 5 nitrogen and oxygen atoms in total. The molecule has 0 bridgehead atoms. The number of aromatic nitrogens is 1. The van der Waals surface area contributed by atoms with Crippen molar-refractivity contribution in [3.63, 3.8) is 0 Å². The second-order valence-electron chi connectivity index (χ2n) is 3.65. The summed E-state index contributed by atoms with van der Waals surface area (Å²) < 4.78 is 12.9. The zero-order valence-electron chi connectivity index (χ0n) is 9.51. The minimum Gasteiger partial charge on any atom is -0.478 e. The van der Waals surface area contributed by atoms with E-state index in [0.717, 1.165) is 12.3 Å². The average molecular weight is 237 g/mol. The lowest BCUT2D eigenvalue weighted by molar-refractivity contribution is 0.0696. The number of anilines is 1. The number of pyridine rings is 1. The Labute approximate surface area is 98.1 Å². The van der Waals surface area contributed by atoms with Gasteiger partial charge in [0.05, 0.1) is 18.7 Å². The normalized spacial score (nSPS) is 11.6. The van der Waals surface area contributed by atoms with E-state index < -0.39 is 11.8 Å². The third kappa shape index (κ3) is 2.91. The van der Waals surface area contributed by atoms with Gasteiger partial charge in [0.15, 0.2) is 0 Å². The third-order valence-corrected chi connectivity index (χ3v) is 2.45. The largest absolute Gasteiger partial charge is 0.478 e. The van der Waals surface area contributed by atoms with Gasteiger partial charge in [-0.3, -0.25) is 0 Å². The third-order valence-electron chi connectivity index (χ3n) is 2.45.